The minimum Gasteiger partial charge on any atom is -0.444 e. The van der Waals surface area contributed by atoms with Gasteiger partial charge in [-0.15, -0.1) is 0 Å². The van der Waals surface area contributed by atoms with Gasteiger partial charge in [-0.25, -0.2) is 4.79 Å². The highest BCUT2D eigenvalue weighted by Gasteiger charge is 2.47. The molecule has 22 heavy (non-hydrogen) atoms. The maximum atomic E-state index is 11.9. The highest BCUT2D eigenvalue weighted by molar-refractivity contribution is 5.69. The summed E-state index contributed by atoms with van der Waals surface area (Å²) in [5.41, 5.74) is 0.874. The summed E-state index contributed by atoms with van der Waals surface area (Å²) in [6.45, 7) is 6.50. The van der Waals surface area contributed by atoms with Crippen molar-refractivity contribution in [2.75, 3.05) is 6.54 Å². The molecule has 2 aliphatic rings. The summed E-state index contributed by atoms with van der Waals surface area (Å²) in [6, 6.07) is 11.2. The van der Waals surface area contributed by atoms with Gasteiger partial charge in [-0.05, 0) is 45.6 Å². The van der Waals surface area contributed by atoms with Crippen LogP contribution < -0.4 is 10.6 Å². The van der Waals surface area contributed by atoms with Gasteiger partial charge in [0, 0.05) is 18.5 Å². The van der Waals surface area contributed by atoms with E-state index in [0.717, 1.165) is 19.4 Å². The largest absolute Gasteiger partial charge is 0.444 e. The number of ether oxygens (including phenoxy) is 1. The standard InChI is InChI=1S/C18H26N2O2/c1-17(2,3)22-16(21)20-18(9-10-18)12-19-15-11-14(15)13-7-5-4-6-8-13/h4-8,14-15,19H,9-12H2,1-3H3,(H,20,21). The molecule has 2 fully saturated rings. The molecule has 0 aliphatic heterocycles. The molecule has 2 N–H and O–H groups in total. The van der Waals surface area contributed by atoms with E-state index in [1.165, 1.54) is 12.0 Å². The first-order chi connectivity index (χ1) is 10.4. The quantitative estimate of drug-likeness (QED) is 0.878. The molecule has 2 aliphatic carbocycles. The molecular formula is C18H26N2O2. The Hall–Kier alpha value is -1.55. The molecule has 4 nitrogen and oxygen atoms in total. The first-order valence-electron chi connectivity index (χ1n) is 8.16. The van der Waals surface area contributed by atoms with Crippen molar-refractivity contribution in [2.24, 2.45) is 0 Å². The molecule has 120 valence electrons. The molecule has 2 unspecified atom stereocenters. The second-order valence-electron chi connectivity index (χ2n) is 7.65. The summed E-state index contributed by atoms with van der Waals surface area (Å²) < 4.78 is 5.35. The van der Waals surface area contributed by atoms with Crippen molar-refractivity contribution >= 4 is 6.09 Å². The van der Waals surface area contributed by atoms with Gasteiger partial charge >= 0.3 is 6.09 Å². The van der Waals surface area contributed by atoms with Gasteiger partial charge in [0.05, 0.1) is 5.54 Å². The van der Waals surface area contributed by atoms with E-state index in [1.807, 2.05) is 20.8 Å². The Morgan fingerprint density at radius 3 is 2.55 bits per heavy atom. The number of alkyl carbamates (subject to hydrolysis) is 1. The first kappa shape index (κ1) is 15.3. The summed E-state index contributed by atoms with van der Waals surface area (Å²) in [5.74, 6) is 0.624. The lowest BCUT2D eigenvalue weighted by Crippen LogP contribution is -2.46. The van der Waals surface area contributed by atoms with E-state index in [0.29, 0.717) is 12.0 Å². The molecule has 3 rings (SSSR count). The number of hydrogen-bond donors (Lipinski definition) is 2. The zero-order valence-electron chi connectivity index (χ0n) is 13.7. The van der Waals surface area contributed by atoms with Crippen molar-refractivity contribution in [1.29, 1.82) is 0 Å². The lowest BCUT2D eigenvalue weighted by Gasteiger charge is -2.23. The van der Waals surface area contributed by atoms with Crippen molar-refractivity contribution in [3.8, 4) is 0 Å². The van der Waals surface area contributed by atoms with Gasteiger partial charge in [0.1, 0.15) is 5.60 Å². The van der Waals surface area contributed by atoms with Gasteiger partial charge < -0.3 is 15.4 Å². The smallest absolute Gasteiger partial charge is 0.408 e. The van der Waals surface area contributed by atoms with E-state index in [4.69, 9.17) is 4.74 Å². The second kappa shape index (κ2) is 5.58. The summed E-state index contributed by atoms with van der Waals surface area (Å²) in [6.07, 6.45) is 2.94. The maximum Gasteiger partial charge on any atom is 0.408 e. The van der Waals surface area contributed by atoms with Crippen LogP contribution in [-0.2, 0) is 4.74 Å². The van der Waals surface area contributed by atoms with E-state index < -0.39 is 5.60 Å². The lowest BCUT2D eigenvalue weighted by molar-refractivity contribution is 0.0496. The molecule has 0 radical (unpaired) electrons. The van der Waals surface area contributed by atoms with Crippen molar-refractivity contribution < 1.29 is 9.53 Å². The van der Waals surface area contributed by atoms with Crippen molar-refractivity contribution in [2.45, 2.75) is 63.1 Å². The van der Waals surface area contributed by atoms with Crippen LogP contribution in [0.15, 0.2) is 30.3 Å². The molecule has 1 amide bonds. The van der Waals surface area contributed by atoms with Crippen LogP contribution in [0.25, 0.3) is 0 Å². The van der Waals surface area contributed by atoms with E-state index in [-0.39, 0.29) is 11.6 Å². The molecule has 0 saturated heterocycles. The molecule has 2 atom stereocenters. The highest BCUT2D eigenvalue weighted by atomic mass is 16.6. The maximum absolute atomic E-state index is 11.9. The number of amides is 1. The van der Waals surface area contributed by atoms with Gasteiger partial charge in [0.25, 0.3) is 0 Å². The van der Waals surface area contributed by atoms with E-state index in [1.54, 1.807) is 0 Å². The average Bonchev–Trinajstić information content (AvgIpc) is 3.31. The van der Waals surface area contributed by atoms with Crippen LogP contribution in [0.2, 0.25) is 0 Å². The van der Waals surface area contributed by atoms with Crippen LogP contribution in [0.3, 0.4) is 0 Å². The van der Waals surface area contributed by atoms with Gasteiger partial charge in [0.2, 0.25) is 0 Å². The summed E-state index contributed by atoms with van der Waals surface area (Å²) in [4.78, 5) is 11.9. The zero-order valence-corrected chi connectivity index (χ0v) is 13.7. The molecule has 4 heteroatoms. The molecule has 0 aromatic heterocycles. The number of hydrogen-bond acceptors (Lipinski definition) is 3. The monoisotopic (exact) mass is 302 g/mol. The molecule has 1 aromatic carbocycles. The third-order valence-corrected chi connectivity index (χ3v) is 4.34. The van der Waals surface area contributed by atoms with Gasteiger partial charge in [-0.2, -0.15) is 0 Å². The topological polar surface area (TPSA) is 50.4 Å². The molecule has 2 saturated carbocycles. The van der Waals surface area contributed by atoms with Crippen LogP contribution in [0.5, 0.6) is 0 Å². The van der Waals surface area contributed by atoms with Gasteiger partial charge in [-0.1, -0.05) is 30.3 Å². The van der Waals surface area contributed by atoms with Crippen LogP contribution in [0.4, 0.5) is 4.79 Å². The third kappa shape index (κ3) is 4.01. The average molecular weight is 302 g/mol. The summed E-state index contributed by atoms with van der Waals surface area (Å²) >= 11 is 0. The Labute approximate surface area is 132 Å². The van der Waals surface area contributed by atoms with Crippen LogP contribution in [0, 0.1) is 0 Å². The lowest BCUT2D eigenvalue weighted by atomic mass is 10.1. The SMILES string of the molecule is CC(C)(C)OC(=O)NC1(CNC2CC2c2ccccc2)CC1. The van der Waals surface area contributed by atoms with Crippen molar-refractivity contribution in [1.82, 2.24) is 10.6 Å². The normalized spacial score (nSPS) is 25.4. The van der Waals surface area contributed by atoms with Crippen LogP contribution in [0.1, 0.15) is 51.5 Å². The Bertz CT molecular complexity index is 532. The number of rotatable bonds is 5. The Morgan fingerprint density at radius 2 is 1.95 bits per heavy atom. The van der Waals surface area contributed by atoms with Crippen molar-refractivity contribution in [3.63, 3.8) is 0 Å². The molecule has 1 aromatic rings. The summed E-state index contributed by atoms with van der Waals surface area (Å²) in [7, 11) is 0. The Morgan fingerprint density at radius 1 is 1.27 bits per heavy atom. The zero-order chi connectivity index (χ0) is 15.8. The molecule has 0 heterocycles. The van der Waals surface area contributed by atoms with E-state index >= 15 is 0 Å². The van der Waals surface area contributed by atoms with Crippen LogP contribution >= 0.6 is 0 Å². The van der Waals surface area contributed by atoms with Crippen molar-refractivity contribution in [3.05, 3.63) is 35.9 Å². The van der Waals surface area contributed by atoms with Gasteiger partial charge in [0.15, 0.2) is 0 Å². The van der Waals surface area contributed by atoms with E-state index in [9.17, 15) is 4.79 Å². The fourth-order valence-electron chi connectivity index (χ4n) is 2.83. The minimum absolute atomic E-state index is 0.0911. The Kier molecular flexibility index (Phi) is 3.89. The second-order valence-corrected chi connectivity index (χ2v) is 7.65. The molecule has 0 spiro atoms. The number of nitrogens with one attached hydrogen (secondary N) is 2. The Balaban J connectivity index is 1.44. The third-order valence-electron chi connectivity index (χ3n) is 4.34. The predicted molar refractivity (Wildman–Crippen MR) is 86.9 cm³/mol. The minimum atomic E-state index is -0.442. The van der Waals surface area contributed by atoms with E-state index in [2.05, 4.69) is 41.0 Å². The number of benzene rings is 1. The first-order valence-corrected chi connectivity index (χ1v) is 8.16. The summed E-state index contributed by atoms with van der Waals surface area (Å²) in [5, 5.41) is 6.64. The number of carbonyl (C=O) groups excluding carboxylic acids is 1. The molecule has 0 bridgehead atoms. The predicted octanol–water partition coefficient (Wildman–Crippen LogP) is 3.19. The van der Waals surface area contributed by atoms with Gasteiger partial charge in [-0.3, -0.25) is 0 Å². The number of carbonyl (C=O) groups is 1. The fraction of sp³-hybridized carbons (Fsp3) is 0.611. The van der Waals surface area contributed by atoms with Crippen LogP contribution in [-0.4, -0.2) is 29.8 Å². The fourth-order valence-corrected chi connectivity index (χ4v) is 2.83. The highest BCUT2D eigenvalue weighted by Crippen LogP contribution is 2.42. The molecular weight excluding hydrogens is 276 g/mol.